The third-order valence-corrected chi connectivity index (χ3v) is 3.65. The van der Waals surface area contributed by atoms with Crippen LogP contribution in [-0.2, 0) is 0 Å². The van der Waals surface area contributed by atoms with E-state index in [0.717, 1.165) is 28.1 Å². The number of allylic oxidation sites excluding steroid dienone is 1. The number of benzene rings is 2. The Morgan fingerprint density at radius 3 is 2.50 bits per heavy atom. The van der Waals surface area contributed by atoms with Crippen LogP contribution in [0.2, 0.25) is 0 Å². The molecule has 0 spiro atoms. The van der Waals surface area contributed by atoms with Gasteiger partial charge < -0.3 is 10.1 Å². The lowest BCUT2D eigenvalue weighted by molar-refractivity contribution is 0.414. The lowest BCUT2D eigenvalue weighted by Crippen LogP contribution is -2.24. The number of anilines is 1. The van der Waals surface area contributed by atoms with Gasteiger partial charge in [-0.2, -0.15) is 5.10 Å². The van der Waals surface area contributed by atoms with Gasteiger partial charge in [0.25, 0.3) is 0 Å². The number of para-hydroxylation sites is 2. The van der Waals surface area contributed by atoms with Gasteiger partial charge in [0.2, 0.25) is 0 Å². The lowest BCUT2D eigenvalue weighted by Gasteiger charge is -2.12. The fourth-order valence-corrected chi connectivity index (χ4v) is 2.40. The molecule has 2 rings (SSSR count). The molecule has 0 aromatic heterocycles. The summed E-state index contributed by atoms with van der Waals surface area (Å²) in [6.07, 6.45) is 5.39. The molecule has 0 saturated heterocycles. The van der Waals surface area contributed by atoms with Crippen LogP contribution in [0.3, 0.4) is 0 Å². The fraction of sp³-hybridized carbons (Fsp3) is 0.158. The normalized spacial score (nSPS) is 11.0. The smallest absolute Gasteiger partial charge is 0.191 e. The van der Waals surface area contributed by atoms with Crippen molar-refractivity contribution in [3.05, 3.63) is 65.2 Å². The molecule has 0 amide bonds. The van der Waals surface area contributed by atoms with Gasteiger partial charge in [0, 0.05) is 17.5 Å². The van der Waals surface area contributed by atoms with E-state index >= 15 is 0 Å². The van der Waals surface area contributed by atoms with Gasteiger partial charge in [-0.25, -0.2) is 0 Å². The highest BCUT2D eigenvalue weighted by Crippen LogP contribution is 2.19. The average Bonchev–Trinajstić information content (AvgIpc) is 2.58. The number of aryl methyl sites for hydroxylation is 2. The van der Waals surface area contributed by atoms with Crippen LogP contribution < -0.4 is 15.5 Å². The first-order chi connectivity index (χ1) is 11.6. The van der Waals surface area contributed by atoms with Crippen molar-refractivity contribution in [1.82, 2.24) is 5.43 Å². The third-order valence-electron chi connectivity index (χ3n) is 3.46. The van der Waals surface area contributed by atoms with Gasteiger partial charge in [-0.15, -0.1) is 0 Å². The lowest BCUT2D eigenvalue weighted by atomic mass is 10.1. The van der Waals surface area contributed by atoms with Crippen LogP contribution in [0.15, 0.2) is 53.6 Å². The summed E-state index contributed by atoms with van der Waals surface area (Å²) in [6.45, 7) is 4.08. The molecule has 0 aliphatic rings. The predicted molar refractivity (Wildman–Crippen MR) is 106 cm³/mol. The number of nitrogens with zero attached hydrogens (tertiary/aromatic N) is 1. The molecule has 2 aromatic rings. The van der Waals surface area contributed by atoms with Crippen LogP contribution in [-0.4, -0.2) is 18.4 Å². The molecule has 0 heterocycles. The van der Waals surface area contributed by atoms with Crippen molar-refractivity contribution in [2.75, 3.05) is 12.4 Å². The second kappa shape index (κ2) is 8.84. The second-order valence-electron chi connectivity index (χ2n) is 5.21. The summed E-state index contributed by atoms with van der Waals surface area (Å²) in [6, 6.07) is 13.9. The molecular formula is C19H21N3OS. The highest BCUT2D eigenvalue weighted by molar-refractivity contribution is 7.80. The molecule has 0 saturated carbocycles. The van der Waals surface area contributed by atoms with Crippen molar-refractivity contribution in [3.8, 4) is 5.75 Å². The monoisotopic (exact) mass is 339 g/mol. The number of thiocarbonyl (C=S) groups is 1. The minimum absolute atomic E-state index is 0.453. The summed E-state index contributed by atoms with van der Waals surface area (Å²) >= 11 is 5.26. The maximum atomic E-state index is 5.29. The maximum absolute atomic E-state index is 5.29. The Labute approximate surface area is 148 Å². The van der Waals surface area contributed by atoms with Crippen molar-refractivity contribution < 1.29 is 4.74 Å². The Kier molecular flexibility index (Phi) is 6.51. The molecule has 0 bridgehead atoms. The first kappa shape index (κ1) is 17.7. The Balaban J connectivity index is 1.90. The van der Waals surface area contributed by atoms with E-state index in [1.165, 1.54) is 0 Å². The third kappa shape index (κ3) is 4.93. The summed E-state index contributed by atoms with van der Waals surface area (Å²) in [7, 11) is 1.65. The molecule has 0 atom stereocenters. The predicted octanol–water partition coefficient (Wildman–Crippen LogP) is 4.30. The summed E-state index contributed by atoms with van der Waals surface area (Å²) in [5, 5.41) is 7.71. The van der Waals surface area contributed by atoms with E-state index in [-0.39, 0.29) is 0 Å². The van der Waals surface area contributed by atoms with E-state index in [1.54, 1.807) is 13.3 Å². The van der Waals surface area contributed by atoms with Gasteiger partial charge in [0.1, 0.15) is 5.75 Å². The topological polar surface area (TPSA) is 45.6 Å². The van der Waals surface area contributed by atoms with Crippen LogP contribution in [0, 0.1) is 13.8 Å². The highest BCUT2D eigenvalue weighted by Gasteiger charge is 2.03. The Morgan fingerprint density at radius 1 is 1.08 bits per heavy atom. The number of nitrogens with one attached hydrogen (secondary N) is 2. The summed E-state index contributed by atoms with van der Waals surface area (Å²) in [4.78, 5) is 0. The van der Waals surface area contributed by atoms with Crippen molar-refractivity contribution in [3.63, 3.8) is 0 Å². The summed E-state index contributed by atoms with van der Waals surface area (Å²) in [5.74, 6) is 0.822. The number of rotatable bonds is 5. The van der Waals surface area contributed by atoms with Crippen LogP contribution in [0.25, 0.3) is 6.08 Å². The zero-order valence-corrected chi connectivity index (χ0v) is 14.9. The van der Waals surface area contributed by atoms with E-state index in [1.807, 2.05) is 68.5 Å². The van der Waals surface area contributed by atoms with Crippen LogP contribution in [0.4, 0.5) is 5.69 Å². The zero-order valence-electron chi connectivity index (χ0n) is 14.0. The minimum atomic E-state index is 0.453. The number of ether oxygens (including phenoxy) is 1. The van der Waals surface area contributed by atoms with Crippen molar-refractivity contribution in [2.24, 2.45) is 5.10 Å². The molecule has 0 aliphatic carbocycles. The first-order valence-corrected chi connectivity index (χ1v) is 7.98. The number of methoxy groups -OCH3 is 1. The van der Waals surface area contributed by atoms with Gasteiger partial charge in [-0.1, -0.05) is 36.4 Å². The van der Waals surface area contributed by atoms with E-state index in [9.17, 15) is 0 Å². The van der Waals surface area contributed by atoms with Gasteiger partial charge >= 0.3 is 0 Å². The van der Waals surface area contributed by atoms with Gasteiger partial charge in [0.15, 0.2) is 5.11 Å². The summed E-state index contributed by atoms with van der Waals surface area (Å²) in [5.41, 5.74) is 7.08. The molecule has 0 aliphatic heterocycles. The molecule has 0 unspecified atom stereocenters. The number of hydrogen-bond donors (Lipinski definition) is 2. The maximum Gasteiger partial charge on any atom is 0.191 e. The van der Waals surface area contributed by atoms with Crippen molar-refractivity contribution >= 4 is 35.3 Å². The molecule has 0 radical (unpaired) electrons. The van der Waals surface area contributed by atoms with Crippen LogP contribution >= 0.6 is 12.2 Å². The average molecular weight is 339 g/mol. The van der Waals surface area contributed by atoms with E-state index in [4.69, 9.17) is 17.0 Å². The van der Waals surface area contributed by atoms with E-state index in [2.05, 4.69) is 15.8 Å². The van der Waals surface area contributed by atoms with E-state index in [0.29, 0.717) is 5.11 Å². The Hall–Kier alpha value is -2.66. The number of hydrazone groups is 1. The quantitative estimate of drug-likeness (QED) is 0.484. The van der Waals surface area contributed by atoms with Gasteiger partial charge in [-0.3, -0.25) is 5.43 Å². The first-order valence-electron chi connectivity index (χ1n) is 7.58. The summed E-state index contributed by atoms with van der Waals surface area (Å²) < 4.78 is 5.29. The van der Waals surface area contributed by atoms with Gasteiger partial charge in [0.05, 0.1) is 7.11 Å². The SMILES string of the molecule is COc1ccccc1/C=C/C=N\NC(=S)Nc1c(C)cccc1C. The highest BCUT2D eigenvalue weighted by atomic mass is 32.1. The largest absolute Gasteiger partial charge is 0.496 e. The molecule has 124 valence electrons. The second-order valence-corrected chi connectivity index (χ2v) is 5.62. The zero-order chi connectivity index (χ0) is 17.4. The Morgan fingerprint density at radius 2 is 1.79 bits per heavy atom. The Bertz CT molecular complexity index is 749. The van der Waals surface area contributed by atoms with Crippen molar-refractivity contribution in [2.45, 2.75) is 13.8 Å². The molecular weight excluding hydrogens is 318 g/mol. The van der Waals surface area contributed by atoms with Gasteiger partial charge in [-0.05, 0) is 55.4 Å². The van der Waals surface area contributed by atoms with Crippen molar-refractivity contribution in [1.29, 1.82) is 0 Å². The van der Waals surface area contributed by atoms with Crippen LogP contribution in [0.1, 0.15) is 16.7 Å². The molecule has 5 heteroatoms. The van der Waals surface area contributed by atoms with E-state index < -0.39 is 0 Å². The fourth-order valence-electron chi connectivity index (χ4n) is 2.24. The molecule has 2 N–H and O–H groups in total. The molecule has 24 heavy (non-hydrogen) atoms. The van der Waals surface area contributed by atoms with Crippen LogP contribution in [0.5, 0.6) is 5.75 Å². The molecule has 4 nitrogen and oxygen atoms in total. The molecule has 2 aromatic carbocycles. The molecule has 0 fully saturated rings. The number of hydrogen-bond acceptors (Lipinski definition) is 3. The minimum Gasteiger partial charge on any atom is -0.496 e. The standard InChI is InChI=1S/C19H21N3OS/c1-14-8-6-9-15(2)18(14)21-19(24)22-20-13-7-11-16-10-4-5-12-17(16)23-3/h4-13H,1-3H3,(H2,21,22,24)/b11-7+,20-13-.